The Bertz CT molecular complexity index is 489. The van der Waals surface area contributed by atoms with Crippen LogP contribution >= 0.6 is 0 Å². The number of hydrogen-bond donors (Lipinski definition) is 1. The van der Waals surface area contributed by atoms with Crippen molar-refractivity contribution in [3.05, 3.63) is 24.4 Å². The minimum Gasteiger partial charge on any atom is -0.309 e. The molecule has 1 saturated carbocycles. The lowest BCUT2D eigenvalue weighted by Gasteiger charge is -2.25. The van der Waals surface area contributed by atoms with Gasteiger partial charge in [-0.3, -0.25) is 9.59 Å². The molecule has 1 aromatic heterocycles. The summed E-state index contributed by atoms with van der Waals surface area (Å²) in [6, 6.07) is 6.83. The van der Waals surface area contributed by atoms with Crippen molar-refractivity contribution in [2.45, 2.75) is 19.3 Å². The van der Waals surface area contributed by atoms with E-state index in [1.54, 1.807) is 24.3 Å². The number of carbonyl (C=O) groups excluding carboxylic acids is 2. The molecule has 1 unspecified atom stereocenters. The summed E-state index contributed by atoms with van der Waals surface area (Å²) in [5.74, 6) is -1.85. The summed E-state index contributed by atoms with van der Waals surface area (Å²) >= 11 is 0. The monoisotopic (exact) mass is 243 g/mol. The van der Waals surface area contributed by atoms with E-state index in [0.717, 1.165) is 19.3 Å². The van der Waals surface area contributed by atoms with Gasteiger partial charge in [0.2, 0.25) is 0 Å². The Hall–Kier alpha value is -2.22. The van der Waals surface area contributed by atoms with Gasteiger partial charge < -0.3 is 5.32 Å². The Balaban J connectivity index is 2.02. The van der Waals surface area contributed by atoms with Crippen LogP contribution in [-0.2, 0) is 9.59 Å². The molecule has 5 nitrogen and oxygen atoms in total. The van der Waals surface area contributed by atoms with Gasteiger partial charge in [-0.2, -0.15) is 5.26 Å². The van der Waals surface area contributed by atoms with E-state index in [9.17, 15) is 9.59 Å². The van der Waals surface area contributed by atoms with E-state index in [1.165, 1.54) is 6.20 Å². The summed E-state index contributed by atoms with van der Waals surface area (Å²) in [5, 5.41) is 11.4. The highest BCUT2D eigenvalue weighted by Gasteiger charge is 2.35. The molecule has 18 heavy (non-hydrogen) atoms. The van der Waals surface area contributed by atoms with Crippen molar-refractivity contribution >= 4 is 17.5 Å². The molecule has 1 aromatic rings. The molecule has 1 aliphatic carbocycles. The number of ketones is 1. The molecule has 1 heterocycles. The summed E-state index contributed by atoms with van der Waals surface area (Å²) in [6.45, 7) is 0. The van der Waals surface area contributed by atoms with Crippen LogP contribution in [0.15, 0.2) is 24.4 Å². The van der Waals surface area contributed by atoms with Crippen molar-refractivity contribution < 1.29 is 9.59 Å². The van der Waals surface area contributed by atoms with Gasteiger partial charge in [-0.05, 0) is 25.0 Å². The van der Waals surface area contributed by atoms with Crippen molar-refractivity contribution in [2.75, 3.05) is 5.32 Å². The zero-order chi connectivity index (χ0) is 13.0. The zero-order valence-corrected chi connectivity index (χ0v) is 9.80. The number of pyridine rings is 1. The summed E-state index contributed by atoms with van der Waals surface area (Å²) < 4.78 is 0. The van der Waals surface area contributed by atoms with Gasteiger partial charge in [0.05, 0.1) is 6.07 Å². The maximum atomic E-state index is 11.9. The van der Waals surface area contributed by atoms with Crippen LogP contribution in [0.4, 0.5) is 5.82 Å². The van der Waals surface area contributed by atoms with Crippen LogP contribution in [0.2, 0.25) is 0 Å². The highest BCUT2D eigenvalue weighted by Crippen LogP contribution is 2.29. The third kappa shape index (κ3) is 2.54. The average Bonchev–Trinajstić information content (AvgIpc) is 2.28. The minimum atomic E-state index is -1.22. The van der Waals surface area contributed by atoms with Gasteiger partial charge >= 0.3 is 0 Å². The van der Waals surface area contributed by atoms with Crippen LogP contribution in [0.25, 0.3) is 0 Å². The van der Waals surface area contributed by atoms with Gasteiger partial charge in [-0.1, -0.05) is 12.5 Å². The fourth-order valence-corrected chi connectivity index (χ4v) is 1.82. The number of nitriles is 1. The first-order chi connectivity index (χ1) is 8.72. The maximum absolute atomic E-state index is 11.9. The van der Waals surface area contributed by atoms with Crippen LogP contribution in [0, 0.1) is 23.2 Å². The number of carbonyl (C=O) groups is 2. The first-order valence-corrected chi connectivity index (χ1v) is 5.87. The quantitative estimate of drug-likeness (QED) is 0.813. The molecule has 0 aliphatic heterocycles. The topological polar surface area (TPSA) is 82.8 Å². The zero-order valence-electron chi connectivity index (χ0n) is 9.80. The lowest BCUT2D eigenvalue weighted by atomic mass is 9.78. The van der Waals surface area contributed by atoms with E-state index in [-0.39, 0.29) is 11.7 Å². The van der Waals surface area contributed by atoms with E-state index in [0.29, 0.717) is 5.82 Å². The molecule has 1 N–H and O–H groups in total. The first kappa shape index (κ1) is 12.2. The lowest BCUT2D eigenvalue weighted by molar-refractivity contribution is -0.133. The van der Waals surface area contributed by atoms with Gasteiger partial charge in [0.1, 0.15) is 5.82 Å². The molecule has 0 radical (unpaired) electrons. The second-order valence-corrected chi connectivity index (χ2v) is 4.30. The van der Waals surface area contributed by atoms with E-state index < -0.39 is 11.8 Å². The first-order valence-electron chi connectivity index (χ1n) is 5.87. The average molecular weight is 243 g/mol. The molecule has 2 rings (SSSR count). The summed E-state index contributed by atoms with van der Waals surface area (Å²) in [6.07, 6.45) is 4.10. The summed E-state index contributed by atoms with van der Waals surface area (Å²) in [7, 11) is 0. The largest absolute Gasteiger partial charge is 0.309 e. The molecule has 92 valence electrons. The van der Waals surface area contributed by atoms with Crippen molar-refractivity contribution in [1.29, 1.82) is 5.26 Å². The van der Waals surface area contributed by atoms with Gasteiger partial charge in [0.15, 0.2) is 11.7 Å². The maximum Gasteiger partial charge on any atom is 0.250 e. The molecule has 0 aromatic carbocycles. The second kappa shape index (κ2) is 5.41. The molecule has 0 spiro atoms. The third-order valence-corrected chi connectivity index (χ3v) is 3.10. The van der Waals surface area contributed by atoms with Gasteiger partial charge in [0, 0.05) is 12.1 Å². The number of rotatable bonds is 4. The molecule has 1 amide bonds. The summed E-state index contributed by atoms with van der Waals surface area (Å²) in [5.41, 5.74) is 0. The van der Waals surface area contributed by atoms with Crippen LogP contribution in [0.5, 0.6) is 0 Å². The van der Waals surface area contributed by atoms with Crippen LogP contribution in [0.1, 0.15) is 19.3 Å². The van der Waals surface area contributed by atoms with Gasteiger partial charge in [-0.15, -0.1) is 0 Å². The van der Waals surface area contributed by atoms with Gasteiger partial charge in [0.25, 0.3) is 5.91 Å². The summed E-state index contributed by atoms with van der Waals surface area (Å²) in [4.78, 5) is 27.6. The molecule has 1 fully saturated rings. The highest BCUT2D eigenvalue weighted by atomic mass is 16.2. The van der Waals surface area contributed by atoms with E-state index >= 15 is 0 Å². The smallest absolute Gasteiger partial charge is 0.250 e. The van der Waals surface area contributed by atoms with E-state index in [2.05, 4.69) is 10.3 Å². The van der Waals surface area contributed by atoms with Crippen molar-refractivity contribution in [2.24, 2.45) is 11.8 Å². The van der Waals surface area contributed by atoms with E-state index in [4.69, 9.17) is 5.26 Å². The Morgan fingerprint density at radius 2 is 2.22 bits per heavy atom. The number of aromatic nitrogens is 1. The van der Waals surface area contributed by atoms with E-state index in [1.807, 2.05) is 0 Å². The molecular weight excluding hydrogens is 230 g/mol. The van der Waals surface area contributed by atoms with Crippen molar-refractivity contribution in [3.63, 3.8) is 0 Å². The molecule has 1 aliphatic rings. The van der Waals surface area contributed by atoms with Crippen LogP contribution in [0.3, 0.4) is 0 Å². The van der Waals surface area contributed by atoms with Gasteiger partial charge in [-0.25, -0.2) is 4.98 Å². The Kier molecular flexibility index (Phi) is 3.68. The number of Topliss-reactive ketones (excluding diaryl/α,β-unsaturated/α-hetero) is 1. The van der Waals surface area contributed by atoms with Crippen molar-refractivity contribution in [1.82, 2.24) is 4.98 Å². The highest BCUT2D eigenvalue weighted by molar-refractivity contribution is 6.09. The normalized spacial score (nSPS) is 16.2. The molecule has 0 bridgehead atoms. The number of nitrogens with one attached hydrogen (secondary N) is 1. The number of amides is 1. The fraction of sp³-hybridized carbons (Fsp3) is 0.385. The second-order valence-electron chi connectivity index (χ2n) is 4.30. The minimum absolute atomic E-state index is 0.121. The fourth-order valence-electron chi connectivity index (χ4n) is 1.82. The molecule has 5 heteroatoms. The number of anilines is 1. The Morgan fingerprint density at radius 1 is 1.44 bits per heavy atom. The SMILES string of the molecule is N#CC(C(=O)Nc1ccccn1)C(=O)C1CCC1. The number of nitrogens with zero attached hydrogens (tertiary/aromatic N) is 2. The van der Waals surface area contributed by atoms with Crippen LogP contribution < -0.4 is 5.32 Å². The Labute approximate surface area is 105 Å². The standard InChI is InChI=1S/C13H13N3O2/c14-8-10(12(17)9-4-3-5-9)13(18)16-11-6-1-2-7-15-11/h1-2,6-7,9-10H,3-5H2,(H,15,16,18). The lowest BCUT2D eigenvalue weighted by Crippen LogP contribution is -2.35. The molecular formula is C13H13N3O2. The third-order valence-electron chi connectivity index (χ3n) is 3.10. The molecule has 1 atom stereocenters. The van der Waals surface area contributed by atoms with Crippen molar-refractivity contribution in [3.8, 4) is 6.07 Å². The Morgan fingerprint density at radius 3 is 2.72 bits per heavy atom. The molecule has 0 saturated heterocycles. The predicted octanol–water partition coefficient (Wildman–Crippen LogP) is 1.53. The number of hydrogen-bond acceptors (Lipinski definition) is 4. The van der Waals surface area contributed by atoms with Crippen LogP contribution in [-0.4, -0.2) is 16.7 Å². The predicted molar refractivity (Wildman–Crippen MR) is 64.3 cm³/mol.